The average Bonchev–Trinajstić information content (AvgIpc) is 2.84. The molecule has 0 spiro atoms. The minimum atomic E-state index is -1.11. The molecule has 0 saturated carbocycles. The van der Waals surface area contributed by atoms with E-state index in [1.807, 2.05) is 13.8 Å². The number of rotatable bonds is 4. The van der Waals surface area contributed by atoms with Gasteiger partial charge in [-0.05, 0) is 20.8 Å². The molecule has 7 heteroatoms. The lowest BCUT2D eigenvalue weighted by Crippen LogP contribution is -2.01. The van der Waals surface area contributed by atoms with Gasteiger partial charge in [-0.25, -0.2) is 4.79 Å². The summed E-state index contributed by atoms with van der Waals surface area (Å²) in [7, 11) is 0. The highest BCUT2D eigenvalue weighted by Crippen LogP contribution is 2.28. The first-order valence-electron chi connectivity index (χ1n) is 6.39. The van der Waals surface area contributed by atoms with Crippen LogP contribution < -0.4 is 0 Å². The molecule has 0 atom stereocenters. The van der Waals surface area contributed by atoms with Crippen LogP contribution in [0.3, 0.4) is 0 Å². The molecular formula is C14H15N3O4. The summed E-state index contributed by atoms with van der Waals surface area (Å²) >= 11 is 0. The molecule has 1 aromatic carbocycles. The van der Waals surface area contributed by atoms with Crippen LogP contribution in [-0.4, -0.2) is 25.8 Å². The molecule has 2 rings (SSSR count). The predicted molar refractivity (Wildman–Crippen MR) is 76.4 cm³/mol. The number of carboxylic acid groups (broad SMARTS) is 1. The Morgan fingerprint density at radius 1 is 1.43 bits per heavy atom. The molecule has 0 amide bonds. The number of benzene rings is 1. The number of nitro groups is 1. The van der Waals surface area contributed by atoms with E-state index in [9.17, 15) is 20.0 Å². The van der Waals surface area contributed by atoms with E-state index in [-0.39, 0.29) is 23.0 Å². The molecular weight excluding hydrogens is 274 g/mol. The maximum atomic E-state index is 11.3. The summed E-state index contributed by atoms with van der Waals surface area (Å²) < 4.78 is 1.53. The molecule has 0 aliphatic rings. The van der Waals surface area contributed by atoms with Crippen molar-refractivity contribution in [1.82, 2.24) is 9.78 Å². The number of nitrogens with zero attached hydrogens (tertiary/aromatic N) is 3. The lowest BCUT2D eigenvalue weighted by atomic mass is 10.0. The highest BCUT2D eigenvalue weighted by molar-refractivity contribution is 5.94. The Morgan fingerprint density at radius 2 is 2.10 bits per heavy atom. The molecule has 0 unspecified atom stereocenters. The van der Waals surface area contributed by atoms with E-state index in [0.717, 1.165) is 0 Å². The molecule has 1 heterocycles. The lowest BCUT2D eigenvalue weighted by Gasteiger charge is -2.04. The summed E-state index contributed by atoms with van der Waals surface area (Å²) in [4.78, 5) is 21.8. The van der Waals surface area contributed by atoms with Crippen LogP contribution in [0.4, 0.5) is 5.69 Å². The summed E-state index contributed by atoms with van der Waals surface area (Å²) in [5, 5.41) is 24.5. The van der Waals surface area contributed by atoms with E-state index in [1.165, 1.54) is 16.9 Å². The number of hydrogen-bond acceptors (Lipinski definition) is 4. The van der Waals surface area contributed by atoms with E-state index >= 15 is 0 Å². The van der Waals surface area contributed by atoms with Gasteiger partial charge in [-0.2, -0.15) is 5.10 Å². The summed E-state index contributed by atoms with van der Waals surface area (Å²) in [6, 6.07) is 4.58. The first kappa shape index (κ1) is 14.7. The van der Waals surface area contributed by atoms with Crippen molar-refractivity contribution in [3.63, 3.8) is 0 Å². The fourth-order valence-electron chi connectivity index (χ4n) is 1.98. The van der Waals surface area contributed by atoms with Crippen LogP contribution in [0, 0.1) is 17.0 Å². The fourth-order valence-corrected chi connectivity index (χ4v) is 1.98. The zero-order valence-electron chi connectivity index (χ0n) is 11.9. The SMILES string of the molecule is Cc1ccc(-c2nn(C(C)C)cc2C(=O)O)cc1[N+](=O)[O-]. The largest absolute Gasteiger partial charge is 0.478 e. The molecule has 0 fully saturated rings. The first-order chi connectivity index (χ1) is 9.81. The van der Waals surface area contributed by atoms with Gasteiger partial charge >= 0.3 is 5.97 Å². The van der Waals surface area contributed by atoms with E-state index in [4.69, 9.17) is 0 Å². The quantitative estimate of drug-likeness (QED) is 0.689. The molecule has 1 aromatic heterocycles. The smallest absolute Gasteiger partial charge is 0.339 e. The van der Waals surface area contributed by atoms with Crippen LogP contribution in [-0.2, 0) is 0 Å². The van der Waals surface area contributed by atoms with Crippen molar-refractivity contribution in [3.8, 4) is 11.3 Å². The first-order valence-corrected chi connectivity index (χ1v) is 6.39. The molecule has 2 aromatic rings. The van der Waals surface area contributed by atoms with Gasteiger partial charge in [-0.1, -0.05) is 12.1 Å². The van der Waals surface area contributed by atoms with Crippen LogP contribution >= 0.6 is 0 Å². The Labute approximate surface area is 121 Å². The average molecular weight is 289 g/mol. The number of carboxylic acids is 1. The second kappa shape index (κ2) is 5.35. The van der Waals surface area contributed by atoms with Gasteiger partial charge < -0.3 is 5.11 Å². The van der Waals surface area contributed by atoms with E-state index in [2.05, 4.69) is 5.10 Å². The Hall–Kier alpha value is -2.70. The number of hydrogen-bond donors (Lipinski definition) is 1. The van der Waals surface area contributed by atoms with Gasteiger partial charge in [-0.15, -0.1) is 0 Å². The van der Waals surface area contributed by atoms with Crippen LogP contribution in [0.2, 0.25) is 0 Å². The highest BCUT2D eigenvalue weighted by atomic mass is 16.6. The normalized spacial score (nSPS) is 10.9. The van der Waals surface area contributed by atoms with Gasteiger partial charge in [0.25, 0.3) is 5.69 Å². The van der Waals surface area contributed by atoms with Gasteiger partial charge in [0.2, 0.25) is 0 Å². The van der Waals surface area contributed by atoms with Crippen molar-refractivity contribution in [2.45, 2.75) is 26.8 Å². The van der Waals surface area contributed by atoms with Gasteiger partial charge in [-0.3, -0.25) is 14.8 Å². The molecule has 7 nitrogen and oxygen atoms in total. The van der Waals surface area contributed by atoms with Crippen molar-refractivity contribution in [2.75, 3.05) is 0 Å². The van der Waals surface area contributed by atoms with Gasteiger partial charge in [0, 0.05) is 29.4 Å². The third-order valence-corrected chi connectivity index (χ3v) is 3.17. The topological polar surface area (TPSA) is 98.3 Å². The summed E-state index contributed by atoms with van der Waals surface area (Å²) in [5.74, 6) is -1.11. The van der Waals surface area contributed by atoms with Crippen LogP contribution in [0.5, 0.6) is 0 Å². The molecule has 0 aliphatic carbocycles. The van der Waals surface area contributed by atoms with Gasteiger partial charge in [0.15, 0.2) is 0 Å². The zero-order valence-corrected chi connectivity index (χ0v) is 11.9. The van der Waals surface area contributed by atoms with E-state index in [0.29, 0.717) is 11.1 Å². The molecule has 0 bridgehead atoms. The van der Waals surface area contributed by atoms with E-state index < -0.39 is 10.9 Å². The van der Waals surface area contributed by atoms with Crippen molar-refractivity contribution in [2.24, 2.45) is 0 Å². The zero-order chi connectivity index (χ0) is 15.7. The summed E-state index contributed by atoms with van der Waals surface area (Å²) in [6.45, 7) is 5.38. The highest BCUT2D eigenvalue weighted by Gasteiger charge is 2.20. The number of nitro benzene ring substituents is 1. The van der Waals surface area contributed by atoms with Gasteiger partial charge in [0.05, 0.1) is 4.92 Å². The molecule has 0 saturated heterocycles. The van der Waals surface area contributed by atoms with E-state index in [1.54, 1.807) is 19.1 Å². The second-order valence-electron chi connectivity index (χ2n) is 5.03. The number of aryl methyl sites for hydroxylation is 1. The molecule has 0 radical (unpaired) electrons. The lowest BCUT2D eigenvalue weighted by molar-refractivity contribution is -0.385. The van der Waals surface area contributed by atoms with Crippen molar-refractivity contribution < 1.29 is 14.8 Å². The third kappa shape index (κ3) is 2.76. The summed E-state index contributed by atoms with van der Waals surface area (Å²) in [6.07, 6.45) is 1.44. The molecule has 0 aliphatic heterocycles. The van der Waals surface area contributed by atoms with Crippen LogP contribution in [0.25, 0.3) is 11.3 Å². The standard InChI is InChI=1S/C14H15N3O4/c1-8(2)16-7-11(14(18)19)13(15-16)10-5-4-9(3)12(6-10)17(20)21/h4-8H,1-3H3,(H,18,19). The summed E-state index contributed by atoms with van der Waals surface area (Å²) in [5.41, 5.74) is 1.15. The van der Waals surface area contributed by atoms with Crippen molar-refractivity contribution >= 4 is 11.7 Å². The molecule has 110 valence electrons. The number of carbonyl (C=O) groups is 1. The Morgan fingerprint density at radius 3 is 2.62 bits per heavy atom. The molecule has 1 N–H and O–H groups in total. The van der Waals surface area contributed by atoms with Crippen LogP contribution in [0.15, 0.2) is 24.4 Å². The monoisotopic (exact) mass is 289 g/mol. The van der Waals surface area contributed by atoms with Crippen molar-refractivity contribution in [1.29, 1.82) is 0 Å². The minimum Gasteiger partial charge on any atom is -0.478 e. The Balaban J connectivity index is 2.63. The van der Waals surface area contributed by atoms with Gasteiger partial charge in [0.1, 0.15) is 11.3 Å². The number of aromatic nitrogens is 2. The Kier molecular flexibility index (Phi) is 3.75. The second-order valence-corrected chi connectivity index (χ2v) is 5.03. The Bertz CT molecular complexity index is 719. The predicted octanol–water partition coefficient (Wildman–Crippen LogP) is 3.05. The number of aromatic carboxylic acids is 1. The van der Waals surface area contributed by atoms with Crippen molar-refractivity contribution in [3.05, 3.63) is 45.6 Å². The maximum Gasteiger partial charge on any atom is 0.339 e. The third-order valence-electron chi connectivity index (χ3n) is 3.17. The molecule has 21 heavy (non-hydrogen) atoms. The maximum absolute atomic E-state index is 11.3. The fraction of sp³-hybridized carbons (Fsp3) is 0.286. The minimum absolute atomic E-state index is 0.00251. The van der Waals surface area contributed by atoms with Crippen LogP contribution in [0.1, 0.15) is 35.8 Å².